The van der Waals surface area contributed by atoms with Gasteiger partial charge in [-0.1, -0.05) is 54.2 Å². The standard InChI is InChI=1S/C20H18N4S/c1-23-19(17-6-3-2-4-7-17)14-21-20(23)25-15-16-8-10-18(11-9-16)24-13-5-12-22-24/h2-14H,15H2,1H3. The molecule has 2 heterocycles. The minimum Gasteiger partial charge on any atom is -0.322 e. The van der Waals surface area contributed by atoms with Gasteiger partial charge in [-0.05, 0) is 29.3 Å². The van der Waals surface area contributed by atoms with Gasteiger partial charge in [-0.25, -0.2) is 9.67 Å². The number of rotatable bonds is 5. The van der Waals surface area contributed by atoms with Gasteiger partial charge in [-0.15, -0.1) is 0 Å². The van der Waals surface area contributed by atoms with Crippen LogP contribution in [0.25, 0.3) is 16.9 Å². The van der Waals surface area contributed by atoms with E-state index in [1.54, 1.807) is 18.0 Å². The third kappa shape index (κ3) is 3.37. The summed E-state index contributed by atoms with van der Waals surface area (Å²) in [5.74, 6) is 0.887. The molecule has 2 aromatic heterocycles. The van der Waals surface area contributed by atoms with Crippen molar-refractivity contribution in [2.24, 2.45) is 7.05 Å². The summed E-state index contributed by atoms with van der Waals surface area (Å²) < 4.78 is 4.01. The first-order valence-electron chi connectivity index (χ1n) is 8.10. The number of hydrogen-bond acceptors (Lipinski definition) is 3. The number of thioether (sulfide) groups is 1. The largest absolute Gasteiger partial charge is 0.322 e. The zero-order valence-corrected chi connectivity index (χ0v) is 14.7. The van der Waals surface area contributed by atoms with Crippen LogP contribution in [-0.2, 0) is 12.8 Å². The molecule has 25 heavy (non-hydrogen) atoms. The summed E-state index contributed by atoms with van der Waals surface area (Å²) >= 11 is 1.75. The van der Waals surface area contributed by atoms with E-state index >= 15 is 0 Å². The molecule has 124 valence electrons. The van der Waals surface area contributed by atoms with Gasteiger partial charge in [-0.2, -0.15) is 5.10 Å². The van der Waals surface area contributed by atoms with Gasteiger partial charge in [-0.3, -0.25) is 0 Å². The molecule has 0 aliphatic carbocycles. The predicted molar refractivity (Wildman–Crippen MR) is 102 cm³/mol. The van der Waals surface area contributed by atoms with Crippen molar-refractivity contribution < 1.29 is 0 Å². The van der Waals surface area contributed by atoms with Crippen molar-refractivity contribution in [1.29, 1.82) is 0 Å². The molecule has 0 fully saturated rings. The van der Waals surface area contributed by atoms with Gasteiger partial charge in [0.1, 0.15) is 0 Å². The van der Waals surface area contributed by atoms with Crippen molar-refractivity contribution in [2.45, 2.75) is 10.9 Å². The second-order valence-corrected chi connectivity index (χ2v) is 6.70. The molecule has 5 heteroatoms. The number of imidazole rings is 1. The van der Waals surface area contributed by atoms with Gasteiger partial charge < -0.3 is 4.57 Å². The predicted octanol–water partition coefficient (Wildman–Crippen LogP) is 4.57. The fourth-order valence-electron chi connectivity index (χ4n) is 2.72. The molecule has 0 bridgehead atoms. The summed E-state index contributed by atoms with van der Waals surface area (Å²) in [6, 6.07) is 20.8. The molecule has 0 spiro atoms. The second kappa shape index (κ2) is 6.99. The molecular weight excluding hydrogens is 328 g/mol. The van der Waals surface area contributed by atoms with Crippen LogP contribution in [0.1, 0.15) is 5.56 Å². The number of benzene rings is 2. The molecule has 0 saturated carbocycles. The van der Waals surface area contributed by atoms with Gasteiger partial charge in [0.15, 0.2) is 5.16 Å². The average molecular weight is 346 g/mol. The van der Waals surface area contributed by atoms with Crippen LogP contribution >= 0.6 is 11.8 Å². The van der Waals surface area contributed by atoms with Crippen LogP contribution in [0.4, 0.5) is 0 Å². The zero-order chi connectivity index (χ0) is 17.1. The molecule has 2 aromatic carbocycles. The third-order valence-corrected chi connectivity index (χ3v) is 5.20. The summed E-state index contributed by atoms with van der Waals surface area (Å²) in [5, 5.41) is 5.27. The average Bonchev–Trinajstić information content (AvgIpc) is 3.31. The molecule has 0 radical (unpaired) electrons. The first kappa shape index (κ1) is 15.7. The van der Waals surface area contributed by atoms with Crippen molar-refractivity contribution in [3.05, 3.63) is 84.8 Å². The monoisotopic (exact) mass is 346 g/mol. The minimum absolute atomic E-state index is 0.887. The minimum atomic E-state index is 0.887. The fourth-order valence-corrected chi connectivity index (χ4v) is 3.63. The van der Waals surface area contributed by atoms with Gasteiger partial charge in [0.25, 0.3) is 0 Å². The van der Waals surface area contributed by atoms with Crippen LogP contribution in [-0.4, -0.2) is 19.3 Å². The normalized spacial score (nSPS) is 10.9. The third-order valence-electron chi connectivity index (χ3n) is 4.09. The van der Waals surface area contributed by atoms with E-state index in [9.17, 15) is 0 Å². The summed E-state index contributed by atoms with van der Waals surface area (Å²) in [4.78, 5) is 4.58. The number of nitrogens with zero attached hydrogens (tertiary/aromatic N) is 4. The molecule has 0 saturated heterocycles. The van der Waals surface area contributed by atoms with Gasteiger partial charge in [0.2, 0.25) is 0 Å². The molecule has 0 unspecified atom stereocenters. The lowest BCUT2D eigenvalue weighted by Gasteiger charge is -2.07. The highest BCUT2D eigenvalue weighted by Crippen LogP contribution is 2.27. The maximum Gasteiger partial charge on any atom is 0.168 e. The Bertz CT molecular complexity index is 941. The summed E-state index contributed by atoms with van der Waals surface area (Å²) in [5.41, 5.74) is 4.66. The Morgan fingerprint density at radius 2 is 1.76 bits per heavy atom. The Morgan fingerprint density at radius 3 is 2.48 bits per heavy atom. The van der Waals surface area contributed by atoms with Crippen LogP contribution in [0.15, 0.2) is 84.4 Å². The maximum absolute atomic E-state index is 4.58. The molecule has 4 aromatic rings. The van der Waals surface area contributed by atoms with E-state index < -0.39 is 0 Å². The quantitative estimate of drug-likeness (QED) is 0.497. The van der Waals surface area contributed by atoms with E-state index in [0.29, 0.717) is 0 Å². The van der Waals surface area contributed by atoms with Gasteiger partial charge in [0, 0.05) is 25.2 Å². The highest BCUT2D eigenvalue weighted by Gasteiger charge is 2.09. The Balaban J connectivity index is 1.46. The lowest BCUT2D eigenvalue weighted by atomic mass is 10.2. The van der Waals surface area contributed by atoms with Crippen LogP contribution in [0, 0.1) is 0 Å². The Kier molecular flexibility index (Phi) is 4.39. The smallest absolute Gasteiger partial charge is 0.168 e. The zero-order valence-electron chi connectivity index (χ0n) is 13.9. The SMILES string of the molecule is Cn1c(-c2ccccc2)cnc1SCc1ccc(-n2cccn2)cc1. The van der Waals surface area contributed by atoms with Crippen LogP contribution < -0.4 is 0 Å². The molecule has 0 aliphatic rings. The number of aromatic nitrogens is 4. The van der Waals surface area contributed by atoms with Gasteiger partial charge >= 0.3 is 0 Å². The molecule has 0 aliphatic heterocycles. The fraction of sp³-hybridized carbons (Fsp3) is 0.100. The summed E-state index contributed by atoms with van der Waals surface area (Å²) in [6.45, 7) is 0. The first-order valence-corrected chi connectivity index (χ1v) is 9.09. The summed E-state index contributed by atoms with van der Waals surface area (Å²) in [6.07, 6.45) is 5.68. The molecular formula is C20H18N4S. The number of hydrogen-bond donors (Lipinski definition) is 0. The Morgan fingerprint density at radius 1 is 0.960 bits per heavy atom. The van der Waals surface area contributed by atoms with Gasteiger partial charge in [0.05, 0.1) is 17.6 Å². The highest BCUT2D eigenvalue weighted by atomic mass is 32.2. The van der Waals surface area contributed by atoms with Crippen LogP contribution in [0.5, 0.6) is 0 Å². The van der Waals surface area contributed by atoms with Crippen molar-refractivity contribution in [3.63, 3.8) is 0 Å². The Labute approximate surface area is 151 Å². The first-order chi connectivity index (χ1) is 12.3. The van der Waals surface area contributed by atoms with E-state index in [1.165, 1.54) is 11.1 Å². The topological polar surface area (TPSA) is 35.6 Å². The highest BCUT2D eigenvalue weighted by molar-refractivity contribution is 7.98. The van der Waals surface area contributed by atoms with Crippen molar-refractivity contribution in [3.8, 4) is 16.9 Å². The Hall–Kier alpha value is -2.79. The van der Waals surface area contributed by atoms with Crippen LogP contribution in [0.2, 0.25) is 0 Å². The van der Waals surface area contributed by atoms with Crippen LogP contribution in [0.3, 0.4) is 0 Å². The molecule has 0 atom stereocenters. The van der Waals surface area contributed by atoms with E-state index in [-0.39, 0.29) is 0 Å². The summed E-state index contributed by atoms with van der Waals surface area (Å²) in [7, 11) is 2.07. The van der Waals surface area contributed by atoms with Crippen molar-refractivity contribution >= 4 is 11.8 Å². The van der Waals surface area contributed by atoms with Crippen molar-refractivity contribution in [2.75, 3.05) is 0 Å². The van der Waals surface area contributed by atoms with E-state index in [4.69, 9.17) is 0 Å². The van der Waals surface area contributed by atoms with Crippen molar-refractivity contribution in [1.82, 2.24) is 19.3 Å². The molecule has 4 nitrogen and oxygen atoms in total. The lowest BCUT2D eigenvalue weighted by Crippen LogP contribution is -1.95. The van der Waals surface area contributed by atoms with E-state index in [2.05, 4.69) is 70.2 Å². The van der Waals surface area contributed by atoms with E-state index in [1.807, 2.05) is 29.2 Å². The maximum atomic E-state index is 4.58. The lowest BCUT2D eigenvalue weighted by molar-refractivity contribution is 0.796. The molecule has 0 amide bonds. The molecule has 4 rings (SSSR count). The van der Waals surface area contributed by atoms with E-state index in [0.717, 1.165) is 22.3 Å². The second-order valence-electron chi connectivity index (χ2n) is 5.76. The molecule has 0 N–H and O–H groups in total.